The van der Waals surface area contributed by atoms with Gasteiger partial charge < -0.3 is 10.1 Å². The highest BCUT2D eigenvalue weighted by Gasteiger charge is 2.19. The van der Waals surface area contributed by atoms with E-state index in [1.165, 1.54) is 26.4 Å². The number of hydrogen-bond donors (Lipinski definition) is 1. The molecule has 118 valence electrons. The van der Waals surface area contributed by atoms with Crippen LogP contribution < -0.4 is 5.32 Å². The van der Waals surface area contributed by atoms with Crippen molar-refractivity contribution in [2.75, 3.05) is 13.7 Å². The lowest BCUT2D eigenvalue weighted by molar-refractivity contribution is -0.146. The van der Waals surface area contributed by atoms with Crippen molar-refractivity contribution in [2.24, 2.45) is 5.92 Å². The van der Waals surface area contributed by atoms with Gasteiger partial charge in [0.2, 0.25) is 0 Å². The standard InChI is InChI=1S/C17H33NO2/c1-6-7-8-9-10-11-12-15(16(19)20-5)13-14-18-17(2,3)4/h6,15,18H,1,7-14H2,2-5H3. The average Bonchev–Trinajstić information content (AvgIpc) is 2.38. The van der Waals surface area contributed by atoms with Gasteiger partial charge in [0.1, 0.15) is 0 Å². The highest BCUT2D eigenvalue weighted by molar-refractivity contribution is 5.72. The van der Waals surface area contributed by atoms with E-state index >= 15 is 0 Å². The first-order valence-electron chi connectivity index (χ1n) is 7.84. The van der Waals surface area contributed by atoms with Crippen molar-refractivity contribution in [1.82, 2.24) is 5.32 Å². The number of rotatable bonds is 11. The molecule has 3 nitrogen and oxygen atoms in total. The maximum atomic E-state index is 11.8. The Balaban J connectivity index is 3.91. The van der Waals surface area contributed by atoms with Crippen molar-refractivity contribution in [1.29, 1.82) is 0 Å². The van der Waals surface area contributed by atoms with E-state index in [1.807, 2.05) is 6.08 Å². The normalized spacial score (nSPS) is 13.0. The van der Waals surface area contributed by atoms with Gasteiger partial charge in [-0.15, -0.1) is 6.58 Å². The van der Waals surface area contributed by atoms with Gasteiger partial charge in [-0.2, -0.15) is 0 Å². The minimum absolute atomic E-state index is 0.0363. The second-order valence-electron chi connectivity index (χ2n) is 6.47. The summed E-state index contributed by atoms with van der Waals surface area (Å²) in [5.41, 5.74) is 0.103. The minimum atomic E-state index is -0.0631. The fourth-order valence-electron chi connectivity index (χ4n) is 2.20. The molecule has 0 rings (SSSR count). The second-order valence-corrected chi connectivity index (χ2v) is 6.47. The van der Waals surface area contributed by atoms with Crippen molar-refractivity contribution in [3.63, 3.8) is 0 Å². The second kappa shape index (κ2) is 10.9. The number of esters is 1. The summed E-state index contributed by atoms with van der Waals surface area (Å²) in [6, 6.07) is 0. The Morgan fingerprint density at radius 1 is 1.20 bits per heavy atom. The van der Waals surface area contributed by atoms with Crippen LogP contribution in [0.15, 0.2) is 12.7 Å². The molecule has 0 radical (unpaired) electrons. The Morgan fingerprint density at radius 2 is 1.85 bits per heavy atom. The Hall–Kier alpha value is -0.830. The molecule has 1 unspecified atom stereocenters. The van der Waals surface area contributed by atoms with E-state index in [-0.39, 0.29) is 17.4 Å². The Labute approximate surface area is 125 Å². The van der Waals surface area contributed by atoms with Crippen molar-refractivity contribution < 1.29 is 9.53 Å². The van der Waals surface area contributed by atoms with Crippen LogP contribution >= 0.6 is 0 Å². The van der Waals surface area contributed by atoms with Gasteiger partial charge in [-0.1, -0.05) is 25.3 Å². The molecule has 20 heavy (non-hydrogen) atoms. The summed E-state index contributed by atoms with van der Waals surface area (Å²) in [7, 11) is 1.48. The molecule has 0 aromatic carbocycles. The van der Waals surface area contributed by atoms with Gasteiger partial charge in [-0.3, -0.25) is 4.79 Å². The van der Waals surface area contributed by atoms with Gasteiger partial charge >= 0.3 is 5.97 Å². The summed E-state index contributed by atoms with van der Waals surface area (Å²) in [5.74, 6) is -0.0268. The lowest BCUT2D eigenvalue weighted by Crippen LogP contribution is -2.37. The Kier molecular flexibility index (Phi) is 10.4. The van der Waals surface area contributed by atoms with Gasteiger partial charge in [0, 0.05) is 5.54 Å². The number of unbranched alkanes of at least 4 members (excludes halogenated alkanes) is 4. The molecule has 1 N–H and O–H groups in total. The molecule has 3 heteroatoms. The lowest BCUT2D eigenvalue weighted by Gasteiger charge is -2.22. The lowest BCUT2D eigenvalue weighted by atomic mass is 9.96. The molecular formula is C17H33NO2. The average molecular weight is 283 g/mol. The molecule has 0 bridgehead atoms. The van der Waals surface area contributed by atoms with E-state index in [0.29, 0.717) is 0 Å². The zero-order valence-corrected chi connectivity index (χ0v) is 13.8. The third-order valence-corrected chi connectivity index (χ3v) is 3.39. The monoisotopic (exact) mass is 283 g/mol. The molecule has 0 aliphatic carbocycles. The fraction of sp³-hybridized carbons (Fsp3) is 0.824. The number of ether oxygens (including phenoxy) is 1. The topological polar surface area (TPSA) is 38.3 Å². The Bertz CT molecular complexity index is 269. The predicted octanol–water partition coefficient (Wildman–Crippen LogP) is 4.08. The number of hydrogen-bond acceptors (Lipinski definition) is 3. The first kappa shape index (κ1) is 19.2. The maximum Gasteiger partial charge on any atom is 0.308 e. The molecule has 0 aromatic rings. The molecule has 0 saturated heterocycles. The van der Waals surface area contributed by atoms with Gasteiger partial charge in [0.05, 0.1) is 13.0 Å². The smallest absolute Gasteiger partial charge is 0.308 e. The van der Waals surface area contributed by atoms with E-state index in [2.05, 4.69) is 32.7 Å². The molecule has 0 saturated carbocycles. The van der Waals surface area contributed by atoms with Crippen molar-refractivity contribution in [3.05, 3.63) is 12.7 Å². The molecule has 0 aromatic heterocycles. The number of nitrogens with one attached hydrogen (secondary N) is 1. The zero-order valence-electron chi connectivity index (χ0n) is 13.8. The Morgan fingerprint density at radius 3 is 2.40 bits per heavy atom. The third-order valence-electron chi connectivity index (χ3n) is 3.39. The summed E-state index contributed by atoms with van der Waals surface area (Å²) in [6.07, 6.45) is 9.58. The largest absolute Gasteiger partial charge is 0.469 e. The number of methoxy groups -OCH3 is 1. The molecule has 0 aliphatic rings. The highest BCUT2D eigenvalue weighted by Crippen LogP contribution is 2.16. The van der Waals surface area contributed by atoms with Gasteiger partial charge in [-0.05, 0) is 53.0 Å². The van der Waals surface area contributed by atoms with Crippen molar-refractivity contribution >= 4 is 5.97 Å². The summed E-state index contributed by atoms with van der Waals surface area (Å²) < 4.78 is 4.91. The molecular weight excluding hydrogens is 250 g/mol. The predicted molar refractivity (Wildman–Crippen MR) is 85.8 cm³/mol. The molecule has 0 aliphatic heterocycles. The van der Waals surface area contributed by atoms with Crippen LogP contribution in [-0.2, 0) is 9.53 Å². The van der Waals surface area contributed by atoms with Crippen LogP contribution in [0.5, 0.6) is 0 Å². The van der Waals surface area contributed by atoms with Crippen molar-refractivity contribution in [3.8, 4) is 0 Å². The van der Waals surface area contributed by atoms with Crippen LogP contribution in [0, 0.1) is 5.92 Å². The van der Waals surface area contributed by atoms with Crippen LogP contribution in [0.25, 0.3) is 0 Å². The molecule has 0 heterocycles. The van der Waals surface area contributed by atoms with E-state index in [0.717, 1.165) is 32.2 Å². The molecule has 0 amide bonds. The summed E-state index contributed by atoms with van der Waals surface area (Å²) in [5, 5.41) is 3.43. The third kappa shape index (κ3) is 11.0. The van der Waals surface area contributed by atoms with Crippen molar-refractivity contribution in [2.45, 2.75) is 71.3 Å². The summed E-state index contributed by atoms with van der Waals surface area (Å²) in [6.45, 7) is 11.0. The van der Waals surface area contributed by atoms with E-state index < -0.39 is 0 Å². The van der Waals surface area contributed by atoms with Gasteiger partial charge in [-0.25, -0.2) is 0 Å². The maximum absolute atomic E-state index is 11.8. The van der Waals surface area contributed by atoms with Crippen LogP contribution in [0.4, 0.5) is 0 Å². The molecule has 0 fully saturated rings. The van der Waals surface area contributed by atoms with Crippen LogP contribution in [0.3, 0.4) is 0 Å². The van der Waals surface area contributed by atoms with E-state index in [1.54, 1.807) is 0 Å². The number of carbonyl (C=O) groups is 1. The summed E-state index contributed by atoms with van der Waals surface area (Å²) in [4.78, 5) is 11.8. The minimum Gasteiger partial charge on any atom is -0.469 e. The highest BCUT2D eigenvalue weighted by atomic mass is 16.5. The summed E-state index contributed by atoms with van der Waals surface area (Å²) >= 11 is 0. The van der Waals surface area contributed by atoms with Crippen LogP contribution in [-0.4, -0.2) is 25.2 Å². The number of carbonyl (C=O) groups excluding carboxylic acids is 1. The van der Waals surface area contributed by atoms with Crippen LogP contribution in [0.2, 0.25) is 0 Å². The fourth-order valence-corrected chi connectivity index (χ4v) is 2.20. The van der Waals surface area contributed by atoms with E-state index in [4.69, 9.17) is 4.74 Å². The van der Waals surface area contributed by atoms with E-state index in [9.17, 15) is 4.79 Å². The van der Waals surface area contributed by atoms with Gasteiger partial charge in [0.25, 0.3) is 0 Å². The molecule has 0 spiro atoms. The number of allylic oxidation sites excluding steroid dienone is 1. The first-order valence-corrected chi connectivity index (χ1v) is 7.84. The molecule has 1 atom stereocenters. The van der Waals surface area contributed by atoms with Crippen LogP contribution in [0.1, 0.15) is 65.7 Å². The van der Waals surface area contributed by atoms with Gasteiger partial charge in [0.15, 0.2) is 0 Å². The first-order chi connectivity index (χ1) is 9.40. The quantitative estimate of drug-likeness (QED) is 0.353. The SMILES string of the molecule is C=CCCCCCCC(CCNC(C)(C)C)C(=O)OC. The zero-order chi connectivity index (χ0) is 15.4.